The zero-order valence-corrected chi connectivity index (χ0v) is 18.6. The predicted octanol–water partition coefficient (Wildman–Crippen LogP) is 6.98. The molecule has 0 saturated carbocycles. The van der Waals surface area contributed by atoms with Crippen LogP contribution in [0.5, 0.6) is 0 Å². The maximum Gasteiger partial charge on any atom is 0.191 e. The van der Waals surface area contributed by atoms with Gasteiger partial charge in [0.2, 0.25) is 0 Å². The van der Waals surface area contributed by atoms with Crippen LogP contribution in [0.15, 0.2) is 47.6 Å². The monoisotopic (exact) mass is 457 g/mol. The molecular formula is C19H18Cl3N3S2. The van der Waals surface area contributed by atoms with E-state index in [-0.39, 0.29) is 0 Å². The van der Waals surface area contributed by atoms with Crippen molar-refractivity contribution in [2.24, 2.45) is 0 Å². The second-order valence-corrected chi connectivity index (χ2v) is 8.93. The maximum absolute atomic E-state index is 6.26. The zero-order valence-electron chi connectivity index (χ0n) is 14.7. The smallest absolute Gasteiger partial charge is 0.191 e. The number of hydrogen-bond donors (Lipinski definition) is 0. The van der Waals surface area contributed by atoms with Crippen molar-refractivity contribution in [3.63, 3.8) is 0 Å². The summed E-state index contributed by atoms with van der Waals surface area (Å²) in [5.41, 5.74) is 2.17. The number of rotatable bonds is 8. The standard InChI is InChI=1S/C19H18Cl3N3S2/c1-2-25-18(12-26-10-13-6-8-14(20)9-7-13)23-24-19(25)27-11-15-16(21)4-3-5-17(15)22/h3-9H,2,10-12H2,1H3. The first-order valence-corrected chi connectivity index (χ1v) is 11.7. The summed E-state index contributed by atoms with van der Waals surface area (Å²) in [5.74, 6) is 3.35. The molecule has 0 aliphatic heterocycles. The van der Waals surface area contributed by atoms with E-state index in [9.17, 15) is 0 Å². The third kappa shape index (κ3) is 5.58. The molecule has 3 aromatic rings. The van der Waals surface area contributed by atoms with Crippen LogP contribution in [-0.2, 0) is 23.8 Å². The fourth-order valence-corrected chi connectivity index (χ4v) is 5.31. The van der Waals surface area contributed by atoms with Gasteiger partial charge in [0.25, 0.3) is 0 Å². The van der Waals surface area contributed by atoms with E-state index in [1.165, 1.54) is 5.56 Å². The van der Waals surface area contributed by atoms with Crippen molar-refractivity contribution in [3.05, 3.63) is 74.5 Å². The normalized spacial score (nSPS) is 11.1. The highest BCUT2D eigenvalue weighted by Crippen LogP contribution is 2.31. The fraction of sp³-hybridized carbons (Fsp3) is 0.263. The van der Waals surface area contributed by atoms with E-state index in [0.717, 1.165) is 39.6 Å². The molecule has 0 saturated heterocycles. The zero-order chi connectivity index (χ0) is 19.2. The summed E-state index contributed by atoms with van der Waals surface area (Å²) in [4.78, 5) is 0. The van der Waals surface area contributed by atoms with Gasteiger partial charge in [-0.15, -0.1) is 22.0 Å². The van der Waals surface area contributed by atoms with Gasteiger partial charge in [0.15, 0.2) is 5.16 Å². The van der Waals surface area contributed by atoms with Crippen molar-refractivity contribution in [3.8, 4) is 0 Å². The Bertz CT molecular complexity index is 877. The Balaban J connectivity index is 1.61. The molecule has 8 heteroatoms. The summed E-state index contributed by atoms with van der Waals surface area (Å²) in [6, 6.07) is 13.5. The van der Waals surface area contributed by atoms with Crippen LogP contribution < -0.4 is 0 Å². The minimum absolute atomic E-state index is 0.661. The second-order valence-electron chi connectivity index (χ2n) is 5.75. The number of nitrogens with zero attached hydrogens (tertiary/aromatic N) is 3. The molecule has 0 aliphatic carbocycles. The van der Waals surface area contributed by atoms with Crippen molar-refractivity contribution in [2.45, 2.75) is 35.9 Å². The number of thioether (sulfide) groups is 2. The minimum atomic E-state index is 0.661. The molecule has 0 unspecified atom stereocenters. The quantitative estimate of drug-likeness (QED) is 0.340. The number of halogens is 3. The largest absolute Gasteiger partial charge is 0.306 e. The summed E-state index contributed by atoms with van der Waals surface area (Å²) in [6.07, 6.45) is 0. The van der Waals surface area contributed by atoms with Gasteiger partial charge in [0.1, 0.15) is 5.82 Å². The Morgan fingerprint density at radius 1 is 0.889 bits per heavy atom. The Kier molecular flexibility index (Phi) is 7.79. The third-order valence-corrected chi connectivity index (χ3v) is 6.88. The van der Waals surface area contributed by atoms with Gasteiger partial charge in [-0.2, -0.15) is 0 Å². The lowest BCUT2D eigenvalue weighted by Gasteiger charge is -2.09. The summed E-state index contributed by atoms with van der Waals surface area (Å²) >= 11 is 21.9. The molecule has 1 heterocycles. The summed E-state index contributed by atoms with van der Waals surface area (Å²) in [6.45, 7) is 2.92. The topological polar surface area (TPSA) is 30.7 Å². The van der Waals surface area contributed by atoms with Crippen LogP contribution in [0.1, 0.15) is 23.9 Å². The lowest BCUT2D eigenvalue weighted by Crippen LogP contribution is -2.02. The molecule has 0 atom stereocenters. The predicted molar refractivity (Wildman–Crippen MR) is 118 cm³/mol. The van der Waals surface area contributed by atoms with Gasteiger partial charge < -0.3 is 4.57 Å². The average Bonchev–Trinajstić information content (AvgIpc) is 3.05. The first-order valence-electron chi connectivity index (χ1n) is 8.38. The highest BCUT2D eigenvalue weighted by molar-refractivity contribution is 7.98. The molecule has 0 aliphatic rings. The van der Waals surface area contributed by atoms with E-state index in [4.69, 9.17) is 34.8 Å². The molecule has 1 aromatic heterocycles. The molecule has 0 N–H and O–H groups in total. The van der Waals surface area contributed by atoms with E-state index in [1.807, 2.05) is 42.1 Å². The second kappa shape index (κ2) is 10.1. The Morgan fingerprint density at radius 3 is 2.26 bits per heavy atom. The van der Waals surface area contributed by atoms with Crippen molar-refractivity contribution in [1.82, 2.24) is 14.8 Å². The molecule has 142 valence electrons. The number of hydrogen-bond acceptors (Lipinski definition) is 4. The van der Waals surface area contributed by atoms with Crippen molar-refractivity contribution >= 4 is 58.3 Å². The van der Waals surface area contributed by atoms with Gasteiger partial charge in [0.05, 0.1) is 5.75 Å². The van der Waals surface area contributed by atoms with Gasteiger partial charge in [0, 0.05) is 33.1 Å². The fourth-order valence-electron chi connectivity index (χ4n) is 2.50. The van der Waals surface area contributed by atoms with Gasteiger partial charge in [-0.25, -0.2) is 0 Å². The summed E-state index contributed by atoms with van der Waals surface area (Å²) < 4.78 is 2.14. The first-order chi connectivity index (χ1) is 13.1. The maximum atomic E-state index is 6.26. The minimum Gasteiger partial charge on any atom is -0.306 e. The first kappa shape index (κ1) is 20.9. The van der Waals surface area contributed by atoms with E-state index in [2.05, 4.69) is 33.8 Å². The molecule has 3 rings (SSSR count). The van der Waals surface area contributed by atoms with Gasteiger partial charge in [-0.3, -0.25) is 0 Å². The van der Waals surface area contributed by atoms with Gasteiger partial charge >= 0.3 is 0 Å². The number of benzene rings is 2. The SMILES string of the molecule is CCn1c(CSCc2ccc(Cl)cc2)nnc1SCc1c(Cl)cccc1Cl. The van der Waals surface area contributed by atoms with Crippen LogP contribution in [0.4, 0.5) is 0 Å². The van der Waals surface area contributed by atoms with E-state index < -0.39 is 0 Å². The summed E-state index contributed by atoms with van der Waals surface area (Å²) in [7, 11) is 0. The highest BCUT2D eigenvalue weighted by atomic mass is 35.5. The molecule has 0 spiro atoms. The molecule has 0 bridgehead atoms. The average molecular weight is 459 g/mol. The lowest BCUT2D eigenvalue weighted by molar-refractivity contribution is 0.659. The van der Waals surface area contributed by atoms with Crippen LogP contribution in [0.3, 0.4) is 0 Å². The lowest BCUT2D eigenvalue weighted by atomic mass is 10.2. The molecule has 0 fully saturated rings. The summed E-state index contributed by atoms with van der Waals surface area (Å²) in [5, 5.41) is 11.7. The number of aromatic nitrogens is 3. The Morgan fingerprint density at radius 2 is 1.59 bits per heavy atom. The molecule has 0 radical (unpaired) electrons. The van der Waals surface area contributed by atoms with E-state index in [0.29, 0.717) is 15.8 Å². The molecule has 0 amide bonds. The van der Waals surface area contributed by atoms with Crippen molar-refractivity contribution in [2.75, 3.05) is 0 Å². The molecule has 27 heavy (non-hydrogen) atoms. The Hall–Kier alpha value is -0.850. The van der Waals surface area contributed by atoms with E-state index in [1.54, 1.807) is 11.8 Å². The van der Waals surface area contributed by atoms with Gasteiger partial charge in [-0.1, -0.05) is 64.8 Å². The van der Waals surface area contributed by atoms with Crippen molar-refractivity contribution in [1.29, 1.82) is 0 Å². The molecule has 3 nitrogen and oxygen atoms in total. The molecular weight excluding hydrogens is 441 g/mol. The molecule has 2 aromatic carbocycles. The van der Waals surface area contributed by atoms with Crippen LogP contribution in [-0.4, -0.2) is 14.8 Å². The van der Waals surface area contributed by atoms with Crippen LogP contribution in [0, 0.1) is 0 Å². The van der Waals surface area contributed by atoms with Crippen LogP contribution >= 0.6 is 58.3 Å². The third-order valence-electron chi connectivity index (χ3n) is 3.93. The van der Waals surface area contributed by atoms with E-state index >= 15 is 0 Å². The van der Waals surface area contributed by atoms with Crippen LogP contribution in [0.25, 0.3) is 0 Å². The Labute approximate surface area is 182 Å². The highest BCUT2D eigenvalue weighted by Gasteiger charge is 2.13. The van der Waals surface area contributed by atoms with Crippen LogP contribution in [0.2, 0.25) is 15.1 Å². The van der Waals surface area contributed by atoms with Crippen molar-refractivity contribution < 1.29 is 0 Å². The van der Waals surface area contributed by atoms with Gasteiger partial charge in [-0.05, 0) is 42.3 Å².